The Hall–Kier alpha value is -2.51. The van der Waals surface area contributed by atoms with E-state index >= 15 is 0 Å². The Labute approximate surface area is 132 Å². The Kier molecular flexibility index (Phi) is 4.59. The van der Waals surface area contributed by atoms with Crippen molar-refractivity contribution in [3.8, 4) is 11.1 Å². The van der Waals surface area contributed by atoms with E-state index in [1.165, 1.54) is 0 Å². The normalized spacial score (nSPS) is 12.1. The van der Waals surface area contributed by atoms with Crippen molar-refractivity contribution >= 4 is 5.97 Å². The quantitative estimate of drug-likeness (QED) is 0.552. The Balaban J connectivity index is 2.79. The molecule has 128 valence electrons. The van der Waals surface area contributed by atoms with Crippen molar-refractivity contribution in [1.82, 2.24) is 0 Å². The van der Waals surface area contributed by atoms with Crippen molar-refractivity contribution in [2.75, 3.05) is 7.11 Å². The van der Waals surface area contributed by atoms with Crippen LogP contribution in [0.3, 0.4) is 0 Å². The van der Waals surface area contributed by atoms with Crippen LogP contribution in [0.2, 0.25) is 0 Å². The molecule has 2 aromatic rings. The molecule has 0 bridgehead atoms. The summed E-state index contributed by atoms with van der Waals surface area (Å²) in [5.74, 6) is -1.08. The van der Waals surface area contributed by atoms with E-state index in [0.29, 0.717) is 12.1 Å². The number of methoxy groups -OCH3 is 1. The molecular formula is C16H10F6O2. The first-order valence-electron chi connectivity index (χ1n) is 6.52. The van der Waals surface area contributed by atoms with Crippen LogP contribution in [0.4, 0.5) is 26.3 Å². The topological polar surface area (TPSA) is 26.3 Å². The second kappa shape index (κ2) is 6.18. The van der Waals surface area contributed by atoms with E-state index in [2.05, 4.69) is 4.74 Å². The highest BCUT2D eigenvalue weighted by Gasteiger charge is 2.37. The summed E-state index contributed by atoms with van der Waals surface area (Å²) in [5.41, 5.74) is -3.83. The van der Waals surface area contributed by atoms with Crippen LogP contribution >= 0.6 is 0 Å². The molecule has 0 spiro atoms. The van der Waals surface area contributed by atoms with Gasteiger partial charge in [-0.2, -0.15) is 26.3 Å². The van der Waals surface area contributed by atoms with E-state index in [1.54, 1.807) is 0 Å². The van der Waals surface area contributed by atoms with E-state index in [4.69, 9.17) is 0 Å². The van der Waals surface area contributed by atoms with E-state index in [9.17, 15) is 31.1 Å². The van der Waals surface area contributed by atoms with Crippen molar-refractivity contribution in [3.05, 3.63) is 59.2 Å². The van der Waals surface area contributed by atoms with Gasteiger partial charge in [0.15, 0.2) is 0 Å². The molecule has 0 aromatic heterocycles. The van der Waals surface area contributed by atoms with Crippen molar-refractivity contribution < 1.29 is 35.9 Å². The molecule has 0 atom stereocenters. The van der Waals surface area contributed by atoms with Gasteiger partial charge < -0.3 is 4.74 Å². The molecular weight excluding hydrogens is 338 g/mol. The molecule has 2 rings (SSSR count). The molecule has 0 heterocycles. The van der Waals surface area contributed by atoms with Gasteiger partial charge in [-0.1, -0.05) is 18.2 Å². The number of carbonyl (C=O) groups excluding carboxylic acids is 1. The van der Waals surface area contributed by atoms with Gasteiger partial charge in [0.2, 0.25) is 0 Å². The lowest BCUT2D eigenvalue weighted by molar-refractivity contribution is -0.137. The maximum Gasteiger partial charge on any atom is 0.417 e. The predicted octanol–water partition coefficient (Wildman–Crippen LogP) is 5.18. The number of hydrogen-bond donors (Lipinski definition) is 0. The third-order valence-corrected chi connectivity index (χ3v) is 3.25. The van der Waals surface area contributed by atoms with Crippen molar-refractivity contribution in [2.24, 2.45) is 0 Å². The zero-order valence-corrected chi connectivity index (χ0v) is 12.1. The average molecular weight is 348 g/mol. The molecule has 2 nitrogen and oxygen atoms in total. The van der Waals surface area contributed by atoms with Crippen molar-refractivity contribution in [3.63, 3.8) is 0 Å². The Morgan fingerprint density at radius 3 is 2.08 bits per heavy atom. The highest BCUT2D eigenvalue weighted by Crippen LogP contribution is 2.40. The zero-order chi connectivity index (χ0) is 18.1. The third-order valence-electron chi connectivity index (χ3n) is 3.25. The van der Waals surface area contributed by atoms with Gasteiger partial charge in [-0.15, -0.1) is 0 Å². The van der Waals surface area contributed by atoms with Gasteiger partial charge in [0.05, 0.1) is 23.8 Å². The average Bonchev–Trinajstić information content (AvgIpc) is 2.52. The van der Waals surface area contributed by atoms with Gasteiger partial charge in [-0.3, -0.25) is 0 Å². The van der Waals surface area contributed by atoms with Crippen molar-refractivity contribution in [2.45, 2.75) is 12.4 Å². The molecule has 0 amide bonds. The van der Waals surface area contributed by atoms with Crippen LogP contribution in [0.5, 0.6) is 0 Å². The van der Waals surface area contributed by atoms with Crippen LogP contribution in [-0.2, 0) is 17.1 Å². The molecule has 0 aliphatic rings. The second-order valence-corrected chi connectivity index (χ2v) is 4.80. The number of halogens is 6. The summed E-state index contributed by atoms with van der Waals surface area (Å²) in [4.78, 5) is 11.8. The number of esters is 1. The third kappa shape index (κ3) is 3.52. The summed E-state index contributed by atoms with van der Waals surface area (Å²) in [7, 11) is 0.971. The van der Waals surface area contributed by atoms with Gasteiger partial charge in [-0.25, -0.2) is 4.79 Å². The molecule has 0 aliphatic carbocycles. The minimum absolute atomic E-state index is 0.377. The highest BCUT2D eigenvalue weighted by molar-refractivity contribution is 5.98. The minimum atomic E-state index is -4.85. The van der Waals surface area contributed by atoms with Crippen molar-refractivity contribution in [1.29, 1.82) is 0 Å². The van der Waals surface area contributed by atoms with Gasteiger partial charge >= 0.3 is 18.3 Å². The maximum atomic E-state index is 13.2. The molecule has 8 heteroatoms. The summed E-state index contributed by atoms with van der Waals surface area (Å²) in [6.45, 7) is 0. The lowest BCUT2D eigenvalue weighted by Crippen LogP contribution is -2.13. The van der Waals surface area contributed by atoms with Crippen LogP contribution in [0.15, 0.2) is 42.5 Å². The molecule has 0 N–H and O–H groups in total. The summed E-state index contributed by atoms with van der Waals surface area (Å²) < 4.78 is 82.6. The standard InChI is InChI=1S/C16H10F6O2/c1-24-14(23)11-6-3-7-12(16(20,21)22)13(11)9-4-2-5-10(8-9)15(17,18)19/h2-8H,1H3. The van der Waals surface area contributed by atoms with Gasteiger partial charge in [0, 0.05) is 5.56 Å². The first-order valence-corrected chi connectivity index (χ1v) is 6.52. The van der Waals surface area contributed by atoms with E-state index in [0.717, 1.165) is 37.4 Å². The van der Waals surface area contributed by atoms with E-state index in [1.807, 2.05) is 0 Å². The van der Waals surface area contributed by atoms with Crippen LogP contribution in [0, 0.1) is 0 Å². The fourth-order valence-corrected chi connectivity index (χ4v) is 2.23. The first-order chi connectivity index (χ1) is 11.1. The Bertz CT molecular complexity index is 762. The van der Waals surface area contributed by atoms with Crippen LogP contribution < -0.4 is 0 Å². The minimum Gasteiger partial charge on any atom is -0.465 e. The number of alkyl halides is 6. The smallest absolute Gasteiger partial charge is 0.417 e. The number of carbonyl (C=O) groups is 1. The fraction of sp³-hybridized carbons (Fsp3) is 0.188. The summed E-state index contributed by atoms with van der Waals surface area (Å²) in [5, 5.41) is 0. The lowest BCUT2D eigenvalue weighted by Gasteiger charge is -2.17. The van der Waals surface area contributed by atoms with Gasteiger partial charge in [-0.05, 0) is 29.8 Å². The maximum absolute atomic E-state index is 13.2. The molecule has 0 fully saturated rings. The predicted molar refractivity (Wildman–Crippen MR) is 73.2 cm³/mol. The van der Waals surface area contributed by atoms with Crippen LogP contribution in [-0.4, -0.2) is 13.1 Å². The number of benzene rings is 2. The lowest BCUT2D eigenvalue weighted by atomic mass is 9.93. The largest absolute Gasteiger partial charge is 0.465 e. The van der Waals surface area contributed by atoms with E-state index < -0.39 is 40.6 Å². The molecule has 0 saturated carbocycles. The van der Waals surface area contributed by atoms with Crippen LogP contribution in [0.1, 0.15) is 21.5 Å². The molecule has 0 radical (unpaired) electrons. The molecule has 0 saturated heterocycles. The molecule has 0 unspecified atom stereocenters. The fourth-order valence-electron chi connectivity index (χ4n) is 2.23. The van der Waals surface area contributed by atoms with Crippen LogP contribution in [0.25, 0.3) is 11.1 Å². The first kappa shape index (κ1) is 17.8. The highest BCUT2D eigenvalue weighted by atomic mass is 19.4. The zero-order valence-electron chi connectivity index (χ0n) is 12.1. The molecule has 0 aliphatic heterocycles. The SMILES string of the molecule is COC(=O)c1cccc(C(F)(F)F)c1-c1cccc(C(F)(F)F)c1. The second-order valence-electron chi connectivity index (χ2n) is 4.80. The Morgan fingerprint density at radius 2 is 1.54 bits per heavy atom. The summed E-state index contributed by atoms with van der Waals surface area (Å²) >= 11 is 0. The van der Waals surface area contributed by atoms with E-state index in [-0.39, 0.29) is 5.56 Å². The number of hydrogen-bond acceptors (Lipinski definition) is 2. The summed E-state index contributed by atoms with van der Waals surface area (Å²) in [6.07, 6.45) is -9.58. The van der Waals surface area contributed by atoms with Gasteiger partial charge in [0.1, 0.15) is 0 Å². The number of ether oxygens (including phenoxy) is 1. The molecule has 2 aromatic carbocycles. The number of rotatable bonds is 2. The Morgan fingerprint density at radius 1 is 0.917 bits per heavy atom. The monoisotopic (exact) mass is 348 g/mol. The summed E-state index contributed by atoms with van der Waals surface area (Å²) in [6, 6.07) is 6.11. The molecule has 24 heavy (non-hydrogen) atoms. The van der Waals surface area contributed by atoms with Gasteiger partial charge in [0.25, 0.3) is 0 Å².